The SMILES string of the molecule is CCc1cc(C(=O)C2(C#N)CC2)ccc1OC. The molecule has 0 amide bonds. The van der Waals surface area contributed by atoms with Gasteiger partial charge in [-0.2, -0.15) is 5.26 Å². The van der Waals surface area contributed by atoms with Crippen LogP contribution in [0.3, 0.4) is 0 Å². The Balaban J connectivity index is 2.35. The van der Waals surface area contributed by atoms with Gasteiger partial charge >= 0.3 is 0 Å². The summed E-state index contributed by atoms with van der Waals surface area (Å²) in [5, 5.41) is 9.02. The number of aryl methyl sites for hydroxylation is 1. The van der Waals surface area contributed by atoms with Gasteiger partial charge < -0.3 is 4.74 Å². The Bertz CT molecular complexity index is 495. The van der Waals surface area contributed by atoms with Gasteiger partial charge in [0.05, 0.1) is 13.2 Å². The molecule has 17 heavy (non-hydrogen) atoms. The summed E-state index contributed by atoms with van der Waals surface area (Å²) < 4.78 is 5.22. The van der Waals surface area contributed by atoms with E-state index in [-0.39, 0.29) is 5.78 Å². The van der Waals surface area contributed by atoms with Crippen LogP contribution in [0.25, 0.3) is 0 Å². The van der Waals surface area contributed by atoms with E-state index in [2.05, 4.69) is 6.07 Å². The van der Waals surface area contributed by atoms with Crippen molar-refractivity contribution in [3.63, 3.8) is 0 Å². The number of methoxy groups -OCH3 is 1. The van der Waals surface area contributed by atoms with Crippen LogP contribution in [0.2, 0.25) is 0 Å². The monoisotopic (exact) mass is 229 g/mol. The molecule has 1 saturated carbocycles. The van der Waals surface area contributed by atoms with E-state index in [0.717, 1.165) is 17.7 Å². The summed E-state index contributed by atoms with van der Waals surface area (Å²) in [6, 6.07) is 7.53. The molecule has 0 heterocycles. The van der Waals surface area contributed by atoms with E-state index in [1.807, 2.05) is 13.0 Å². The van der Waals surface area contributed by atoms with Crippen molar-refractivity contribution in [2.45, 2.75) is 26.2 Å². The molecule has 1 aromatic rings. The van der Waals surface area contributed by atoms with E-state index < -0.39 is 5.41 Å². The van der Waals surface area contributed by atoms with Crippen molar-refractivity contribution in [1.82, 2.24) is 0 Å². The Morgan fingerprint density at radius 3 is 2.71 bits per heavy atom. The van der Waals surface area contributed by atoms with Crippen molar-refractivity contribution in [1.29, 1.82) is 5.26 Å². The fraction of sp³-hybridized carbons (Fsp3) is 0.429. The fourth-order valence-electron chi connectivity index (χ4n) is 1.99. The molecular formula is C14H15NO2. The third-order valence-corrected chi connectivity index (χ3v) is 3.32. The maximum atomic E-state index is 12.2. The number of Topliss-reactive ketones (excluding diaryl/α,β-unsaturated/α-hetero) is 1. The van der Waals surface area contributed by atoms with Gasteiger partial charge in [-0.05, 0) is 43.0 Å². The number of nitriles is 1. The zero-order valence-electron chi connectivity index (χ0n) is 10.1. The molecule has 0 spiro atoms. The van der Waals surface area contributed by atoms with E-state index in [4.69, 9.17) is 10.00 Å². The molecular weight excluding hydrogens is 214 g/mol. The summed E-state index contributed by atoms with van der Waals surface area (Å²) in [4.78, 5) is 12.2. The van der Waals surface area contributed by atoms with E-state index in [0.29, 0.717) is 18.4 Å². The number of hydrogen-bond acceptors (Lipinski definition) is 3. The molecule has 1 aromatic carbocycles. The molecule has 0 bridgehead atoms. The predicted molar refractivity (Wildman–Crippen MR) is 64.0 cm³/mol. The smallest absolute Gasteiger partial charge is 0.183 e. The molecule has 2 rings (SSSR count). The highest BCUT2D eigenvalue weighted by Crippen LogP contribution is 2.47. The largest absolute Gasteiger partial charge is 0.496 e. The zero-order valence-corrected chi connectivity index (χ0v) is 10.1. The van der Waals surface area contributed by atoms with Gasteiger partial charge in [-0.25, -0.2) is 0 Å². The molecule has 0 aliphatic heterocycles. The number of hydrogen-bond donors (Lipinski definition) is 0. The number of carbonyl (C=O) groups excluding carboxylic acids is 1. The van der Waals surface area contributed by atoms with E-state index in [9.17, 15) is 4.79 Å². The van der Waals surface area contributed by atoms with Crippen molar-refractivity contribution in [3.8, 4) is 11.8 Å². The number of ether oxygens (including phenoxy) is 1. The summed E-state index contributed by atoms with van der Waals surface area (Å²) in [6.45, 7) is 2.02. The van der Waals surface area contributed by atoms with Crippen LogP contribution in [0, 0.1) is 16.7 Å². The number of carbonyl (C=O) groups is 1. The summed E-state index contributed by atoms with van der Waals surface area (Å²) >= 11 is 0. The van der Waals surface area contributed by atoms with Crippen molar-refractivity contribution < 1.29 is 9.53 Å². The molecule has 88 valence electrons. The van der Waals surface area contributed by atoms with Crippen LogP contribution in [-0.2, 0) is 6.42 Å². The summed E-state index contributed by atoms with van der Waals surface area (Å²) in [5.41, 5.74) is 0.897. The molecule has 3 heteroatoms. The first kappa shape index (κ1) is 11.7. The maximum absolute atomic E-state index is 12.2. The van der Waals surface area contributed by atoms with Crippen LogP contribution in [0.15, 0.2) is 18.2 Å². The van der Waals surface area contributed by atoms with Crippen molar-refractivity contribution in [2.24, 2.45) is 5.41 Å². The van der Waals surface area contributed by atoms with Gasteiger partial charge in [0.25, 0.3) is 0 Å². The quantitative estimate of drug-likeness (QED) is 0.746. The number of nitrogens with zero attached hydrogens (tertiary/aromatic N) is 1. The second-order valence-electron chi connectivity index (χ2n) is 4.40. The Kier molecular flexibility index (Phi) is 2.89. The van der Waals surface area contributed by atoms with E-state index in [1.54, 1.807) is 19.2 Å². The Morgan fingerprint density at radius 1 is 1.53 bits per heavy atom. The van der Waals surface area contributed by atoms with Crippen molar-refractivity contribution in [2.75, 3.05) is 7.11 Å². The van der Waals surface area contributed by atoms with E-state index >= 15 is 0 Å². The highest BCUT2D eigenvalue weighted by molar-refractivity contribution is 6.04. The molecule has 0 aromatic heterocycles. The highest BCUT2D eigenvalue weighted by Gasteiger charge is 2.50. The normalized spacial score (nSPS) is 16.1. The van der Waals surface area contributed by atoms with Crippen LogP contribution in [-0.4, -0.2) is 12.9 Å². The third-order valence-electron chi connectivity index (χ3n) is 3.32. The molecule has 1 aliphatic rings. The molecule has 0 atom stereocenters. The average Bonchev–Trinajstić information content (AvgIpc) is 3.18. The minimum absolute atomic E-state index is 0.0441. The standard InChI is InChI=1S/C14H15NO2/c1-3-10-8-11(4-5-12(10)17-2)13(16)14(9-15)6-7-14/h4-5,8H,3,6-7H2,1-2H3. The predicted octanol–water partition coefficient (Wildman–Crippen LogP) is 2.74. The van der Waals surface area contributed by atoms with Gasteiger partial charge in [0, 0.05) is 5.56 Å². The van der Waals surface area contributed by atoms with Crippen LogP contribution >= 0.6 is 0 Å². The summed E-state index contributed by atoms with van der Waals surface area (Å²) in [5.74, 6) is 0.753. The van der Waals surface area contributed by atoms with Gasteiger partial charge in [0.2, 0.25) is 0 Å². The lowest BCUT2D eigenvalue weighted by molar-refractivity contribution is 0.0934. The second kappa shape index (κ2) is 4.21. The van der Waals surface area contributed by atoms with Crippen LogP contribution in [0.5, 0.6) is 5.75 Å². The van der Waals surface area contributed by atoms with Crippen molar-refractivity contribution in [3.05, 3.63) is 29.3 Å². The molecule has 0 saturated heterocycles. The molecule has 0 unspecified atom stereocenters. The van der Waals surface area contributed by atoms with Gasteiger partial charge in [-0.3, -0.25) is 4.79 Å². The number of ketones is 1. The molecule has 1 fully saturated rings. The Morgan fingerprint density at radius 2 is 2.24 bits per heavy atom. The molecule has 3 nitrogen and oxygen atoms in total. The molecule has 0 radical (unpaired) electrons. The lowest BCUT2D eigenvalue weighted by Crippen LogP contribution is -2.14. The first-order valence-corrected chi connectivity index (χ1v) is 5.80. The fourth-order valence-corrected chi connectivity index (χ4v) is 1.99. The number of rotatable bonds is 4. The minimum atomic E-state index is -0.737. The Hall–Kier alpha value is -1.82. The maximum Gasteiger partial charge on any atom is 0.183 e. The average molecular weight is 229 g/mol. The lowest BCUT2D eigenvalue weighted by atomic mass is 9.94. The number of benzene rings is 1. The van der Waals surface area contributed by atoms with Crippen molar-refractivity contribution >= 4 is 5.78 Å². The van der Waals surface area contributed by atoms with Gasteiger partial charge in [0.15, 0.2) is 5.78 Å². The van der Waals surface area contributed by atoms with Gasteiger partial charge in [-0.15, -0.1) is 0 Å². The summed E-state index contributed by atoms with van der Waals surface area (Å²) in [6.07, 6.45) is 2.19. The molecule has 0 N–H and O–H groups in total. The van der Waals surface area contributed by atoms with Gasteiger partial charge in [0.1, 0.15) is 11.2 Å². The van der Waals surface area contributed by atoms with Crippen LogP contribution in [0.1, 0.15) is 35.7 Å². The molecule has 1 aliphatic carbocycles. The first-order valence-electron chi connectivity index (χ1n) is 5.80. The summed E-state index contributed by atoms with van der Waals surface area (Å²) in [7, 11) is 1.62. The lowest BCUT2D eigenvalue weighted by Gasteiger charge is -2.10. The van der Waals surface area contributed by atoms with Crippen LogP contribution < -0.4 is 4.74 Å². The highest BCUT2D eigenvalue weighted by atomic mass is 16.5. The van der Waals surface area contributed by atoms with Gasteiger partial charge in [-0.1, -0.05) is 6.92 Å². The Labute approximate surface area is 101 Å². The topological polar surface area (TPSA) is 50.1 Å². The zero-order chi connectivity index (χ0) is 12.5. The first-order chi connectivity index (χ1) is 8.16. The van der Waals surface area contributed by atoms with Crippen LogP contribution in [0.4, 0.5) is 0 Å². The third kappa shape index (κ3) is 1.91. The van der Waals surface area contributed by atoms with E-state index in [1.165, 1.54) is 0 Å². The minimum Gasteiger partial charge on any atom is -0.496 e. The second-order valence-corrected chi connectivity index (χ2v) is 4.40.